The number of rotatable bonds is 8. The quantitative estimate of drug-likeness (QED) is 0.727. The zero-order chi connectivity index (χ0) is 18.9. The van der Waals surface area contributed by atoms with Crippen LogP contribution in [-0.2, 0) is 4.79 Å². The monoisotopic (exact) mass is 374 g/mol. The fraction of sp³-hybridized carbons (Fsp3) is 0.300. The second kappa shape index (κ2) is 9.82. The Morgan fingerprint density at radius 2 is 1.85 bits per heavy atom. The molecule has 0 radical (unpaired) electrons. The Morgan fingerprint density at radius 3 is 2.54 bits per heavy atom. The lowest BCUT2D eigenvalue weighted by molar-refractivity contribution is -0.116. The summed E-state index contributed by atoms with van der Waals surface area (Å²) in [6.45, 7) is 4.82. The van der Waals surface area contributed by atoms with Crippen LogP contribution in [0.25, 0.3) is 0 Å². The van der Waals surface area contributed by atoms with Crippen molar-refractivity contribution in [3.63, 3.8) is 0 Å². The highest BCUT2D eigenvalue weighted by molar-refractivity contribution is 6.30. The molecule has 0 saturated heterocycles. The first kappa shape index (κ1) is 19.8. The van der Waals surface area contributed by atoms with Crippen LogP contribution >= 0.6 is 11.6 Å². The van der Waals surface area contributed by atoms with Crippen molar-refractivity contribution in [3.05, 3.63) is 58.6 Å². The molecule has 0 heterocycles. The van der Waals surface area contributed by atoms with Gasteiger partial charge in [0.15, 0.2) is 0 Å². The van der Waals surface area contributed by atoms with Crippen molar-refractivity contribution in [2.75, 3.05) is 18.5 Å². The maximum Gasteiger partial charge on any atom is 0.251 e. The topological polar surface area (TPSA) is 67.4 Å². The molecule has 0 fully saturated rings. The zero-order valence-electron chi connectivity index (χ0n) is 15.0. The first-order chi connectivity index (χ1) is 12.5. The molecule has 2 N–H and O–H groups in total. The predicted octanol–water partition coefficient (Wildman–Crippen LogP) is 4.20. The van der Waals surface area contributed by atoms with Crippen molar-refractivity contribution in [3.8, 4) is 5.75 Å². The molecule has 0 aliphatic rings. The van der Waals surface area contributed by atoms with E-state index >= 15 is 0 Å². The number of hydrogen-bond donors (Lipinski definition) is 2. The summed E-state index contributed by atoms with van der Waals surface area (Å²) in [7, 11) is 0. The molecule has 0 unspecified atom stereocenters. The minimum atomic E-state index is -0.239. The van der Waals surface area contributed by atoms with Crippen molar-refractivity contribution in [1.82, 2.24) is 5.32 Å². The summed E-state index contributed by atoms with van der Waals surface area (Å²) in [5, 5.41) is 6.12. The van der Waals surface area contributed by atoms with Crippen molar-refractivity contribution in [1.29, 1.82) is 0 Å². The number of halogens is 1. The number of hydrogen-bond acceptors (Lipinski definition) is 3. The van der Waals surface area contributed by atoms with Gasteiger partial charge in [-0.3, -0.25) is 9.59 Å². The number of amides is 2. The fourth-order valence-electron chi connectivity index (χ4n) is 2.27. The van der Waals surface area contributed by atoms with Gasteiger partial charge >= 0.3 is 0 Å². The van der Waals surface area contributed by atoms with Gasteiger partial charge in [-0.1, -0.05) is 24.6 Å². The first-order valence-corrected chi connectivity index (χ1v) is 8.94. The molecule has 26 heavy (non-hydrogen) atoms. The standard InChI is InChI=1S/C20H23ClN2O3/c1-3-12-26-18-13-14(2)4-9-17(18)23-19(24)10-11-22-20(25)15-5-7-16(21)8-6-15/h4-9,13H,3,10-12H2,1-2H3,(H,22,25)(H,23,24). The number of nitrogens with one attached hydrogen (secondary N) is 2. The van der Waals surface area contributed by atoms with E-state index in [1.807, 2.05) is 32.0 Å². The van der Waals surface area contributed by atoms with Gasteiger partial charge in [0.25, 0.3) is 5.91 Å². The number of anilines is 1. The van der Waals surface area contributed by atoms with E-state index in [0.717, 1.165) is 12.0 Å². The number of benzene rings is 2. The molecule has 2 rings (SSSR count). The van der Waals surface area contributed by atoms with Crippen LogP contribution in [0.2, 0.25) is 5.02 Å². The third-order valence-corrected chi connectivity index (χ3v) is 3.87. The molecule has 5 nitrogen and oxygen atoms in total. The number of carbonyl (C=O) groups is 2. The summed E-state index contributed by atoms with van der Waals surface area (Å²) < 4.78 is 5.68. The summed E-state index contributed by atoms with van der Waals surface area (Å²) in [4.78, 5) is 24.2. The van der Waals surface area contributed by atoms with Gasteiger partial charge in [-0.25, -0.2) is 0 Å². The average molecular weight is 375 g/mol. The minimum Gasteiger partial charge on any atom is -0.491 e. The lowest BCUT2D eigenvalue weighted by Gasteiger charge is -2.13. The summed E-state index contributed by atoms with van der Waals surface area (Å²) in [6.07, 6.45) is 1.05. The molecule has 0 saturated carbocycles. The van der Waals surface area contributed by atoms with Crippen molar-refractivity contribution >= 4 is 29.1 Å². The first-order valence-electron chi connectivity index (χ1n) is 8.56. The van der Waals surface area contributed by atoms with Gasteiger partial charge in [0.05, 0.1) is 12.3 Å². The van der Waals surface area contributed by atoms with Crippen molar-refractivity contribution in [2.24, 2.45) is 0 Å². The molecule has 0 atom stereocenters. The molecule has 0 aliphatic heterocycles. The van der Waals surface area contributed by atoms with Crippen LogP contribution < -0.4 is 15.4 Å². The highest BCUT2D eigenvalue weighted by Crippen LogP contribution is 2.26. The number of carbonyl (C=O) groups excluding carboxylic acids is 2. The summed E-state index contributed by atoms with van der Waals surface area (Å²) >= 11 is 5.80. The molecule has 0 aliphatic carbocycles. The number of ether oxygens (including phenoxy) is 1. The SMILES string of the molecule is CCCOc1cc(C)ccc1NC(=O)CCNC(=O)c1ccc(Cl)cc1. The highest BCUT2D eigenvalue weighted by Gasteiger charge is 2.10. The average Bonchev–Trinajstić information content (AvgIpc) is 2.62. The van der Waals surface area contributed by atoms with Crippen LogP contribution in [0.3, 0.4) is 0 Å². The predicted molar refractivity (Wildman–Crippen MR) is 104 cm³/mol. The molecule has 2 aromatic carbocycles. The van der Waals surface area contributed by atoms with E-state index in [-0.39, 0.29) is 24.8 Å². The summed E-state index contributed by atoms with van der Waals surface area (Å²) in [5.41, 5.74) is 2.20. The van der Waals surface area contributed by atoms with Gasteiger partial charge in [0, 0.05) is 23.6 Å². The Kier molecular flexibility index (Phi) is 7.48. The normalized spacial score (nSPS) is 10.3. The van der Waals surface area contributed by atoms with Gasteiger partial charge in [0.2, 0.25) is 5.91 Å². The van der Waals surface area contributed by atoms with Gasteiger partial charge in [-0.2, -0.15) is 0 Å². The van der Waals surface area contributed by atoms with E-state index in [0.29, 0.717) is 28.6 Å². The number of aryl methyl sites for hydroxylation is 1. The third-order valence-electron chi connectivity index (χ3n) is 3.62. The Morgan fingerprint density at radius 1 is 1.12 bits per heavy atom. The molecule has 2 aromatic rings. The smallest absolute Gasteiger partial charge is 0.251 e. The van der Waals surface area contributed by atoms with Crippen LogP contribution in [0.5, 0.6) is 5.75 Å². The fourth-order valence-corrected chi connectivity index (χ4v) is 2.40. The van der Waals surface area contributed by atoms with Gasteiger partial charge < -0.3 is 15.4 Å². The molecule has 138 valence electrons. The molecule has 6 heteroatoms. The van der Waals surface area contributed by atoms with Gasteiger partial charge in [-0.15, -0.1) is 0 Å². The van der Waals surface area contributed by atoms with Gasteiger partial charge in [-0.05, 0) is 55.3 Å². The minimum absolute atomic E-state index is 0.167. The van der Waals surface area contributed by atoms with E-state index in [4.69, 9.17) is 16.3 Å². The van der Waals surface area contributed by atoms with Crippen LogP contribution in [0.15, 0.2) is 42.5 Å². The van der Waals surface area contributed by atoms with E-state index in [2.05, 4.69) is 10.6 Å². The second-order valence-corrected chi connectivity index (χ2v) is 6.35. The zero-order valence-corrected chi connectivity index (χ0v) is 15.7. The highest BCUT2D eigenvalue weighted by atomic mass is 35.5. The van der Waals surface area contributed by atoms with Gasteiger partial charge in [0.1, 0.15) is 5.75 Å². The Hall–Kier alpha value is -2.53. The Bertz CT molecular complexity index is 760. The molecule has 0 aromatic heterocycles. The van der Waals surface area contributed by atoms with Crippen LogP contribution in [-0.4, -0.2) is 25.0 Å². The van der Waals surface area contributed by atoms with Crippen LogP contribution in [0, 0.1) is 6.92 Å². The molecule has 2 amide bonds. The maximum absolute atomic E-state index is 12.2. The van der Waals surface area contributed by atoms with Crippen molar-refractivity contribution in [2.45, 2.75) is 26.7 Å². The summed E-state index contributed by atoms with van der Waals surface area (Å²) in [5.74, 6) is 0.230. The lowest BCUT2D eigenvalue weighted by Crippen LogP contribution is -2.27. The maximum atomic E-state index is 12.2. The van der Waals surface area contributed by atoms with E-state index in [9.17, 15) is 9.59 Å². The Balaban J connectivity index is 1.85. The molecular weight excluding hydrogens is 352 g/mol. The Labute approximate surface area is 158 Å². The van der Waals surface area contributed by atoms with Crippen LogP contribution in [0.1, 0.15) is 35.7 Å². The summed E-state index contributed by atoms with van der Waals surface area (Å²) in [6, 6.07) is 12.2. The van der Waals surface area contributed by atoms with E-state index < -0.39 is 0 Å². The second-order valence-electron chi connectivity index (χ2n) is 5.91. The van der Waals surface area contributed by atoms with Crippen LogP contribution in [0.4, 0.5) is 5.69 Å². The molecule has 0 bridgehead atoms. The van der Waals surface area contributed by atoms with E-state index in [1.165, 1.54) is 0 Å². The van der Waals surface area contributed by atoms with E-state index in [1.54, 1.807) is 24.3 Å². The lowest BCUT2D eigenvalue weighted by atomic mass is 10.2. The largest absolute Gasteiger partial charge is 0.491 e. The third kappa shape index (κ3) is 6.08. The molecule has 0 spiro atoms. The molecular formula is C20H23ClN2O3. The van der Waals surface area contributed by atoms with Crippen molar-refractivity contribution < 1.29 is 14.3 Å².